The van der Waals surface area contributed by atoms with Gasteiger partial charge in [0.2, 0.25) is 0 Å². The summed E-state index contributed by atoms with van der Waals surface area (Å²) in [5, 5.41) is 5.50. The molecule has 12 heavy (non-hydrogen) atoms. The molecule has 72 valence electrons. The van der Waals surface area contributed by atoms with Gasteiger partial charge < -0.3 is 15.5 Å². The van der Waals surface area contributed by atoms with Crippen LogP contribution in [-0.2, 0) is 0 Å². The maximum atomic E-state index is 11.0. The van der Waals surface area contributed by atoms with E-state index in [9.17, 15) is 4.79 Å². The molecule has 4 nitrogen and oxygen atoms in total. The van der Waals surface area contributed by atoms with Crippen molar-refractivity contribution in [3.8, 4) is 0 Å². The van der Waals surface area contributed by atoms with Crippen molar-refractivity contribution in [2.24, 2.45) is 0 Å². The van der Waals surface area contributed by atoms with E-state index in [1.807, 2.05) is 32.8 Å². The lowest BCUT2D eigenvalue weighted by molar-refractivity contribution is 0.237. The number of nitrogens with zero attached hydrogens (tertiary/aromatic N) is 1. The summed E-state index contributed by atoms with van der Waals surface area (Å²) in [7, 11) is 3.95. The molecule has 0 aromatic carbocycles. The van der Waals surface area contributed by atoms with Gasteiger partial charge in [-0.1, -0.05) is 0 Å². The molecule has 0 spiro atoms. The molecule has 0 aliphatic heterocycles. The molecule has 0 atom stereocenters. The molecule has 0 saturated carbocycles. The van der Waals surface area contributed by atoms with Gasteiger partial charge in [-0.05, 0) is 27.9 Å². The Hall–Kier alpha value is -0.770. The first-order valence-corrected chi connectivity index (χ1v) is 4.21. The minimum atomic E-state index is -0.0909. The molecular weight excluding hydrogens is 154 g/mol. The first kappa shape index (κ1) is 11.2. The first-order valence-electron chi connectivity index (χ1n) is 4.21. The molecule has 0 fully saturated rings. The number of hydrogen-bond acceptors (Lipinski definition) is 2. The molecule has 0 rings (SSSR count). The third-order valence-electron chi connectivity index (χ3n) is 1.26. The average Bonchev–Trinajstić information content (AvgIpc) is 1.84. The second kappa shape index (κ2) is 5.83. The van der Waals surface area contributed by atoms with Gasteiger partial charge in [-0.2, -0.15) is 0 Å². The van der Waals surface area contributed by atoms with Gasteiger partial charge >= 0.3 is 6.03 Å². The van der Waals surface area contributed by atoms with Crippen molar-refractivity contribution < 1.29 is 4.79 Å². The number of likely N-dealkylation sites (N-methyl/N-ethyl adjacent to an activating group) is 1. The number of carbonyl (C=O) groups is 1. The van der Waals surface area contributed by atoms with Crippen molar-refractivity contribution in [2.45, 2.75) is 19.9 Å². The summed E-state index contributed by atoms with van der Waals surface area (Å²) in [5.41, 5.74) is 0. The van der Waals surface area contributed by atoms with E-state index in [0.717, 1.165) is 6.54 Å². The minimum Gasteiger partial charge on any atom is -0.337 e. The third kappa shape index (κ3) is 7.34. The predicted molar refractivity (Wildman–Crippen MR) is 50.2 cm³/mol. The largest absolute Gasteiger partial charge is 0.337 e. The van der Waals surface area contributed by atoms with Crippen LogP contribution < -0.4 is 10.6 Å². The van der Waals surface area contributed by atoms with Crippen LogP contribution in [0.2, 0.25) is 0 Å². The van der Waals surface area contributed by atoms with Crippen LogP contribution in [0.4, 0.5) is 4.79 Å². The fraction of sp³-hybridized carbons (Fsp3) is 0.875. The van der Waals surface area contributed by atoms with E-state index < -0.39 is 0 Å². The molecule has 0 aromatic rings. The van der Waals surface area contributed by atoms with Gasteiger partial charge in [-0.25, -0.2) is 4.79 Å². The van der Waals surface area contributed by atoms with Crippen LogP contribution in [0.1, 0.15) is 13.8 Å². The van der Waals surface area contributed by atoms with Crippen molar-refractivity contribution in [3.05, 3.63) is 0 Å². The molecule has 2 amide bonds. The number of urea groups is 1. The Morgan fingerprint density at radius 3 is 2.42 bits per heavy atom. The number of nitrogens with one attached hydrogen (secondary N) is 2. The molecule has 4 heteroatoms. The summed E-state index contributed by atoms with van der Waals surface area (Å²) in [6.45, 7) is 5.42. The zero-order chi connectivity index (χ0) is 9.56. The molecule has 0 aromatic heterocycles. The number of amides is 2. The van der Waals surface area contributed by atoms with E-state index in [0.29, 0.717) is 6.54 Å². The SMILES string of the molecule is CC(C)NC(=O)NCCN(C)C. The van der Waals surface area contributed by atoms with E-state index in [2.05, 4.69) is 10.6 Å². The zero-order valence-electron chi connectivity index (χ0n) is 8.35. The van der Waals surface area contributed by atoms with Crippen molar-refractivity contribution in [3.63, 3.8) is 0 Å². The van der Waals surface area contributed by atoms with Gasteiger partial charge in [-0.15, -0.1) is 0 Å². The Morgan fingerprint density at radius 2 is 2.00 bits per heavy atom. The van der Waals surface area contributed by atoms with E-state index in [1.165, 1.54) is 0 Å². The van der Waals surface area contributed by atoms with Crippen molar-refractivity contribution in [1.82, 2.24) is 15.5 Å². The Morgan fingerprint density at radius 1 is 1.42 bits per heavy atom. The monoisotopic (exact) mass is 173 g/mol. The molecule has 0 radical (unpaired) electrons. The maximum absolute atomic E-state index is 11.0. The Kier molecular flexibility index (Phi) is 5.45. The lowest BCUT2D eigenvalue weighted by atomic mass is 10.4. The van der Waals surface area contributed by atoms with Gasteiger partial charge in [0.05, 0.1) is 0 Å². The molecule has 0 heterocycles. The highest BCUT2D eigenvalue weighted by Gasteiger charge is 2.00. The van der Waals surface area contributed by atoms with Crippen LogP contribution in [0, 0.1) is 0 Å². The highest BCUT2D eigenvalue weighted by atomic mass is 16.2. The second-order valence-corrected chi connectivity index (χ2v) is 3.36. The summed E-state index contributed by atoms with van der Waals surface area (Å²) in [4.78, 5) is 13.0. The summed E-state index contributed by atoms with van der Waals surface area (Å²) in [6, 6.07) is 0.108. The molecule has 0 aliphatic carbocycles. The number of carbonyl (C=O) groups excluding carboxylic acids is 1. The topological polar surface area (TPSA) is 44.4 Å². The van der Waals surface area contributed by atoms with Crippen LogP contribution in [-0.4, -0.2) is 44.2 Å². The summed E-state index contributed by atoms with van der Waals surface area (Å²) in [6.07, 6.45) is 0. The molecule has 0 unspecified atom stereocenters. The Balaban J connectivity index is 3.32. The van der Waals surface area contributed by atoms with Crippen LogP contribution in [0.15, 0.2) is 0 Å². The van der Waals surface area contributed by atoms with E-state index in [-0.39, 0.29) is 12.1 Å². The maximum Gasteiger partial charge on any atom is 0.315 e. The lowest BCUT2D eigenvalue weighted by Gasteiger charge is -2.12. The standard InChI is InChI=1S/C8H19N3O/c1-7(2)10-8(12)9-5-6-11(3)4/h7H,5-6H2,1-4H3,(H2,9,10,12). The van der Waals surface area contributed by atoms with Crippen LogP contribution in [0.3, 0.4) is 0 Å². The molecule has 0 aliphatic rings. The molecule has 2 N–H and O–H groups in total. The zero-order valence-corrected chi connectivity index (χ0v) is 8.35. The van der Waals surface area contributed by atoms with Gasteiger partial charge in [-0.3, -0.25) is 0 Å². The predicted octanol–water partition coefficient (Wildman–Crippen LogP) is 0.256. The quantitative estimate of drug-likeness (QED) is 0.640. The van der Waals surface area contributed by atoms with E-state index in [4.69, 9.17) is 0 Å². The molecule has 0 saturated heterocycles. The van der Waals surface area contributed by atoms with Crippen LogP contribution >= 0.6 is 0 Å². The number of hydrogen-bond donors (Lipinski definition) is 2. The summed E-state index contributed by atoms with van der Waals surface area (Å²) in [5.74, 6) is 0. The minimum absolute atomic E-state index is 0.0909. The highest BCUT2D eigenvalue weighted by molar-refractivity contribution is 5.74. The molecular formula is C8H19N3O. The Labute approximate surface area is 74.3 Å². The van der Waals surface area contributed by atoms with Gasteiger partial charge in [0.1, 0.15) is 0 Å². The third-order valence-corrected chi connectivity index (χ3v) is 1.26. The number of rotatable bonds is 4. The smallest absolute Gasteiger partial charge is 0.315 e. The van der Waals surface area contributed by atoms with E-state index in [1.54, 1.807) is 0 Å². The average molecular weight is 173 g/mol. The highest BCUT2D eigenvalue weighted by Crippen LogP contribution is 1.76. The lowest BCUT2D eigenvalue weighted by Crippen LogP contribution is -2.41. The fourth-order valence-electron chi connectivity index (χ4n) is 0.706. The first-order chi connectivity index (χ1) is 5.52. The normalized spacial score (nSPS) is 10.5. The van der Waals surface area contributed by atoms with E-state index >= 15 is 0 Å². The fourth-order valence-corrected chi connectivity index (χ4v) is 0.706. The summed E-state index contributed by atoms with van der Waals surface area (Å²) >= 11 is 0. The summed E-state index contributed by atoms with van der Waals surface area (Å²) < 4.78 is 0. The van der Waals surface area contributed by atoms with Crippen LogP contribution in [0.25, 0.3) is 0 Å². The van der Waals surface area contributed by atoms with Gasteiger partial charge in [0, 0.05) is 19.1 Å². The Bertz CT molecular complexity index is 134. The van der Waals surface area contributed by atoms with Gasteiger partial charge in [0.15, 0.2) is 0 Å². The van der Waals surface area contributed by atoms with Crippen molar-refractivity contribution >= 4 is 6.03 Å². The second-order valence-electron chi connectivity index (χ2n) is 3.36. The molecule has 0 bridgehead atoms. The van der Waals surface area contributed by atoms with Crippen molar-refractivity contribution in [2.75, 3.05) is 27.2 Å². The van der Waals surface area contributed by atoms with Crippen LogP contribution in [0.5, 0.6) is 0 Å². The van der Waals surface area contributed by atoms with Gasteiger partial charge in [0.25, 0.3) is 0 Å². The van der Waals surface area contributed by atoms with Crippen molar-refractivity contribution in [1.29, 1.82) is 0 Å².